The molecule has 0 aromatic carbocycles. The van der Waals surface area contributed by atoms with E-state index in [0.717, 1.165) is 18.0 Å². The smallest absolute Gasteiger partial charge is 0.239 e. The molecule has 1 aromatic heterocycles. The molecule has 0 amide bonds. The molecule has 0 saturated carbocycles. The van der Waals surface area contributed by atoms with Crippen LogP contribution in [0.25, 0.3) is 0 Å². The van der Waals surface area contributed by atoms with Crippen molar-refractivity contribution >= 4 is 23.3 Å². The van der Waals surface area contributed by atoms with Crippen LogP contribution in [0.4, 0.5) is 11.5 Å². The minimum Gasteiger partial charge on any atom is -0.476 e. The molecule has 4 nitrogen and oxygen atoms in total. The van der Waals surface area contributed by atoms with Crippen molar-refractivity contribution in [3.8, 4) is 5.88 Å². The minimum absolute atomic E-state index is 0.396. The Kier molecular flexibility index (Phi) is 5.97. The third-order valence-electron chi connectivity index (χ3n) is 2.32. The molecule has 0 fully saturated rings. The number of thioether (sulfide) groups is 1. The van der Waals surface area contributed by atoms with Crippen LogP contribution in [0.1, 0.15) is 20.3 Å². The zero-order valence-electron chi connectivity index (χ0n) is 10.7. The summed E-state index contributed by atoms with van der Waals surface area (Å²) >= 11 is 1.85. The quantitative estimate of drug-likeness (QED) is 0.784. The molecule has 3 N–H and O–H groups in total. The molecule has 0 aliphatic carbocycles. The first-order valence-corrected chi connectivity index (χ1v) is 7.21. The number of anilines is 2. The number of pyridine rings is 1. The van der Waals surface area contributed by atoms with Gasteiger partial charge in [-0.2, -0.15) is 16.7 Å². The Balaban J connectivity index is 2.61. The summed E-state index contributed by atoms with van der Waals surface area (Å²) in [4.78, 5) is 4.34. The Bertz CT molecular complexity index is 347. The van der Waals surface area contributed by atoms with Gasteiger partial charge in [-0.1, -0.05) is 0 Å². The van der Waals surface area contributed by atoms with E-state index in [0.29, 0.717) is 24.2 Å². The maximum atomic E-state index is 5.77. The lowest BCUT2D eigenvalue weighted by Gasteiger charge is -2.15. The molecule has 1 unspecified atom stereocenters. The zero-order chi connectivity index (χ0) is 12.7. The fourth-order valence-electron chi connectivity index (χ4n) is 1.40. The monoisotopic (exact) mass is 255 g/mol. The van der Waals surface area contributed by atoms with Gasteiger partial charge >= 0.3 is 0 Å². The van der Waals surface area contributed by atoms with Crippen molar-refractivity contribution in [3.63, 3.8) is 0 Å². The standard InChI is InChI=1S/C12H21N3OS/c1-4-16-12-10(13)5-6-11(15-12)14-9(2)7-8-17-3/h5-6,9H,4,7-8,13H2,1-3H3,(H,14,15). The van der Waals surface area contributed by atoms with Gasteiger partial charge in [-0.3, -0.25) is 0 Å². The first kappa shape index (κ1) is 14.0. The van der Waals surface area contributed by atoms with Crippen molar-refractivity contribution in [3.05, 3.63) is 12.1 Å². The van der Waals surface area contributed by atoms with E-state index in [1.807, 2.05) is 30.8 Å². The Morgan fingerprint density at radius 1 is 1.53 bits per heavy atom. The largest absolute Gasteiger partial charge is 0.476 e. The summed E-state index contributed by atoms with van der Waals surface area (Å²) in [5, 5.41) is 3.34. The van der Waals surface area contributed by atoms with Crippen LogP contribution in [0.5, 0.6) is 5.88 Å². The summed E-state index contributed by atoms with van der Waals surface area (Å²) < 4.78 is 5.36. The fraction of sp³-hybridized carbons (Fsp3) is 0.583. The lowest BCUT2D eigenvalue weighted by atomic mass is 10.2. The van der Waals surface area contributed by atoms with Crippen LogP contribution in [0, 0.1) is 0 Å². The molecular weight excluding hydrogens is 234 g/mol. The van der Waals surface area contributed by atoms with E-state index in [2.05, 4.69) is 23.5 Å². The normalized spacial score (nSPS) is 12.2. The van der Waals surface area contributed by atoms with Gasteiger partial charge in [0.15, 0.2) is 0 Å². The molecule has 0 aliphatic heterocycles. The summed E-state index contributed by atoms with van der Waals surface area (Å²) in [6.45, 7) is 4.64. The van der Waals surface area contributed by atoms with Gasteiger partial charge in [0, 0.05) is 6.04 Å². The average Bonchev–Trinajstić information content (AvgIpc) is 2.31. The Morgan fingerprint density at radius 2 is 2.29 bits per heavy atom. The first-order chi connectivity index (χ1) is 8.17. The highest BCUT2D eigenvalue weighted by Crippen LogP contribution is 2.21. The van der Waals surface area contributed by atoms with Crippen LogP contribution in [0.3, 0.4) is 0 Å². The van der Waals surface area contributed by atoms with E-state index in [4.69, 9.17) is 10.5 Å². The van der Waals surface area contributed by atoms with E-state index in [-0.39, 0.29) is 0 Å². The van der Waals surface area contributed by atoms with E-state index >= 15 is 0 Å². The van der Waals surface area contributed by atoms with Crippen LogP contribution in [-0.4, -0.2) is 29.6 Å². The summed E-state index contributed by atoms with van der Waals surface area (Å²) in [6.07, 6.45) is 3.22. The van der Waals surface area contributed by atoms with Gasteiger partial charge in [0.1, 0.15) is 5.82 Å². The molecule has 0 saturated heterocycles. The highest BCUT2D eigenvalue weighted by Gasteiger charge is 2.06. The molecule has 96 valence electrons. The number of hydrogen-bond acceptors (Lipinski definition) is 5. The number of nitrogens with zero attached hydrogens (tertiary/aromatic N) is 1. The number of ether oxygens (including phenoxy) is 1. The maximum absolute atomic E-state index is 5.77. The van der Waals surface area contributed by atoms with Gasteiger partial charge in [0.25, 0.3) is 0 Å². The van der Waals surface area contributed by atoms with E-state index in [1.54, 1.807) is 0 Å². The van der Waals surface area contributed by atoms with Gasteiger partial charge < -0.3 is 15.8 Å². The van der Waals surface area contributed by atoms with Crippen molar-refractivity contribution in [2.75, 3.05) is 29.7 Å². The van der Waals surface area contributed by atoms with E-state index in [1.165, 1.54) is 0 Å². The van der Waals surface area contributed by atoms with Crippen LogP contribution in [0.15, 0.2) is 12.1 Å². The Hall–Kier alpha value is -1.10. The molecule has 1 heterocycles. The predicted octanol–water partition coefficient (Wildman–Crippen LogP) is 2.62. The van der Waals surface area contributed by atoms with Gasteiger partial charge in [-0.15, -0.1) is 0 Å². The van der Waals surface area contributed by atoms with Crippen molar-refractivity contribution in [2.45, 2.75) is 26.3 Å². The predicted molar refractivity (Wildman–Crippen MR) is 75.9 cm³/mol. The molecular formula is C12H21N3OS. The maximum Gasteiger partial charge on any atom is 0.239 e. The van der Waals surface area contributed by atoms with Gasteiger partial charge in [0.05, 0.1) is 12.3 Å². The molecule has 0 spiro atoms. The number of nitrogen functional groups attached to an aromatic ring is 1. The summed E-state index contributed by atoms with van der Waals surface area (Å²) in [5.74, 6) is 2.47. The second-order valence-corrected chi connectivity index (χ2v) is 4.84. The SMILES string of the molecule is CCOc1nc(NC(C)CCSC)ccc1N. The Labute approximate surface area is 107 Å². The van der Waals surface area contributed by atoms with Crippen LogP contribution >= 0.6 is 11.8 Å². The zero-order valence-corrected chi connectivity index (χ0v) is 11.5. The van der Waals surface area contributed by atoms with Crippen molar-refractivity contribution in [1.29, 1.82) is 0 Å². The number of aromatic nitrogens is 1. The van der Waals surface area contributed by atoms with Crippen molar-refractivity contribution < 1.29 is 4.74 Å². The molecule has 1 aromatic rings. The molecule has 5 heteroatoms. The van der Waals surface area contributed by atoms with E-state index in [9.17, 15) is 0 Å². The molecule has 1 rings (SSSR count). The topological polar surface area (TPSA) is 60.2 Å². The lowest BCUT2D eigenvalue weighted by Crippen LogP contribution is -2.17. The molecule has 0 radical (unpaired) electrons. The molecule has 1 atom stereocenters. The van der Waals surface area contributed by atoms with Crippen molar-refractivity contribution in [1.82, 2.24) is 4.98 Å². The van der Waals surface area contributed by atoms with Crippen LogP contribution in [-0.2, 0) is 0 Å². The first-order valence-electron chi connectivity index (χ1n) is 5.82. The highest BCUT2D eigenvalue weighted by molar-refractivity contribution is 7.98. The number of rotatable bonds is 7. The van der Waals surface area contributed by atoms with Gasteiger partial charge in [0.2, 0.25) is 5.88 Å². The third kappa shape index (κ3) is 4.73. The third-order valence-corrected chi connectivity index (χ3v) is 2.96. The molecule has 0 aliphatic rings. The Morgan fingerprint density at radius 3 is 2.94 bits per heavy atom. The molecule has 0 bridgehead atoms. The number of nitrogens with two attached hydrogens (primary N) is 1. The van der Waals surface area contributed by atoms with Crippen LogP contribution < -0.4 is 15.8 Å². The van der Waals surface area contributed by atoms with Gasteiger partial charge in [-0.05, 0) is 44.4 Å². The van der Waals surface area contributed by atoms with Gasteiger partial charge in [-0.25, -0.2) is 0 Å². The number of nitrogens with one attached hydrogen (secondary N) is 1. The summed E-state index contributed by atoms with van der Waals surface area (Å²) in [5.41, 5.74) is 6.35. The second kappa shape index (κ2) is 7.27. The summed E-state index contributed by atoms with van der Waals surface area (Å²) in [6, 6.07) is 4.10. The van der Waals surface area contributed by atoms with E-state index < -0.39 is 0 Å². The van der Waals surface area contributed by atoms with Crippen LogP contribution in [0.2, 0.25) is 0 Å². The average molecular weight is 255 g/mol. The lowest BCUT2D eigenvalue weighted by molar-refractivity contribution is 0.329. The minimum atomic E-state index is 0.396. The number of hydrogen-bond donors (Lipinski definition) is 2. The summed E-state index contributed by atoms with van der Waals surface area (Å²) in [7, 11) is 0. The second-order valence-electron chi connectivity index (χ2n) is 3.85. The fourth-order valence-corrected chi connectivity index (χ4v) is 1.99. The highest BCUT2D eigenvalue weighted by atomic mass is 32.2. The molecule has 17 heavy (non-hydrogen) atoms. The van der Waals surface area contributed by atoms with Crippen molar-refractivity contribution in [2.24, 2.45) is 0 Å².